The third kappa shape index (κ3) is 2.28. The van der Waals surface area contributed by atoms with Crippen molar-refractivity contribution in [2.24, 2.45) is 0 Å². The highest BCUT2D eigenvalue weighted by Gasteiger charge is 2.52. The topological polar surface area (TPSA) is 34.6 Å². The minimum atomic E-state index is -0.363. The predicted molar refractivity (Wildman–Crippen MR) is 80.2 cm³/mol. The fraction of sp³-hybridized carbons (Fsp3) is 0.667. The van der Waals surface area contributed by atoms with E-state index in [2.05, 4.69) is 50.7 Å². The molecule has 1 aromatic rings. The molecule has 5 heteroatoms. The summed E-state index contributed by atoms with van der Waals surface area (Å²) >= 11 is 0. The Hall–Kier alpha value is -0.905. The van der Waals surface area contributed by atoms with Crippen LogP contribution in [-0.2, 0) is 9.31 Å². The van der Waals surface area contributed by atoms with Crippen molar-refractivity contribution in [1.82, 2.24) is 9.88 Å². The second-order valence-electron chi connectivity index (χ2n) is 7.02. The van der Waals surface area contributed by atoms with Crippen molar-refractivity contribution in [2.45, 2.75) is 44.8 Å². The Morgan fingerprint density at radius 2 is 1.75 bits per heavy atom. The lowest BCUT2D eigenvalue weighted by Gasteiger charge is -2.36. The van der Waals surface area contributed by atoms with Crippen molar-refractivity contribution in [3.05, 3.63) is 23.9 Å². The van der Waals surface area contributed by atoms with Crippen LogP contribution in [0.5, 0.6) is 0 Å². The summed E-state index contributed by atoms with van der Waals surface area (Å²) in [4.78, 5) is 6.86. The maximum absolute atomic E-state index is 6.01. The Morgan fingerprint density at radius 3 is 2.20 bits per heavy atom. The number of pyridine rings is 1. The van der Waals surface area contributed by atoms with Crippen molar-refractivity contribution in [3.63, 3.8) is 0 Å². The molecule has 3 rings (SSSR count). The van der Waals surface area contributed by atoms with E-state index in [0.29, 0.717) is 5.92 Å². The van der Waals surface area contributed by atoms with Gasteiger partial charge in [-0.2, -0.15) is 0 Å². The molecule has 2 fully saturated rings. The van der Waals surface area contributed by atoms with E-state index in [-0.39, 0.29) is 18.3 Å². The highest BCUT2D eigenvalue weighted by molar-refractivity contribution is 6.61. The van der Waals surface area contributed by atoms with Crippen molar-refractivity contribution in [2.75, 3.05) is 20.1 Å². The summed E-state index contributed by atoms with van der Waals surface area (Å²) in [5.41, 5.74) is 1.55. The smallest absolute Gasteiger partial charge is 0.398 e. The van der Waals surface area contributed by atoms with Gasteiger partial charge in [0.15, 0.2) is 0 Å². The average Bonchev–Trinajstić information content (AvgIpc) is 2.55. The molecular weight excluding hydrogens is 251 g/mol. The van der Waals surface area contributed by atoms with E-state index in [1.165, 1.54) is 5.56 Å². The third-order valence-corrected chi connectivity index (χ3v) is 4.84. The Bertz CT molecular complexity index is 479. The minimum Gasteiger partial charge on any atom is -0.398 e. The summed E-state index contributed by atoms with van der Waals surface area (Å²) in [5.74, 6) is 0.625. The quantitative estimate of drug-likeness (QED) is 0.764. The van der Waals surface area contributed by atoms with Gasteiger partial charge >= 0.3 is 7.12 Å². The molecule has 2 aliphatic heterocycles. The maximum Gasteiger partial charge on any atom is 0.514 e. The summed E-state index contributed by atoms with van der Waals surface area (Å²) in [6, 6.07) is 4.20. The SMILES string of the molecule is CN1CC(c2ccc(B3OC(C)(C)C(C)(C)O3)nc2)C1. The van der Waals surface area contributed by atoms with Gasteiger partial charge in [0.2, 0.25) is 0 Å². The average molecular weight is 274 g/mol. The summed E-state index contributed by atoms with van der Waals surface area (Å²) in [5, 5.41) is 0. The van der Waals surface area contributed by atoms with Crippen molar-refractivity contribution >= 4 is 12.7 Å². The molecule has 0 radical (unpaired) electrons. The Morgan fingerprint density at radius 1 is 1.15 bits per heavy atom. The Balaban J connectivity index is 1.73. The number of nitrogens with zero attached hydrogens (tertiary/aromatic N) is 2. The Labute approximate surface area is 121 Å². The predicted octanol–water partition coefficient (Wildman–Crippen LogP) is 1.41. The summed E-state index contributed by atoms with van der Waals surface area (Å²) in [6.07, 6.45) is 1.97. The number of likely N-dealkylation sites (N-methyl/N-ethyl adjacent to an activating group) is 1. The van der Waals surface area contributed by atoms with Gasteiger partial charge in [-0.25, -0.2) is 0 Å². The van der Waals surface area contributed by atoms with Crippen LogP contribution in [0.4, 0.5) is 0 Å². The van der Waals surface area contributed by atoms with E-state index >= 15 is 0 Å². The third-order valence-electron chi connectivity index (χ3n) is 4.84. The first-order valence-electron chi connectivity index (χ1n) is 7.28. The lowest BCUT2D eigenvalue weighted by atomic mass is 9.83. The molecule has 0 amide bonds. The number of rotatable bonds is 2. The van der Waals surface area contributed by atoms with E-state index < -0.39 is 0 Å². The number of hydrogen-bond acceptors (Lipinski definition) is 4. The molecule has 0 atom stereocenters. The van der Waals surface area contributed by atoms with Crippen LogP contribution in [0, 0.1) is 0 Å². The normalized spacial score (nSPS) is 25.8. The van der Waals surface area contributed by atoms with Crippen LogP contribution in [0.15, 0.2) is 18.3 Å². The van der Waals surface area contributed by atoms with Crippen LogP contribution in [0.25, 0.3) is 0 Å². The second-order valence-corrected chi connectivity index (χ2v) is 7.02. The number of aromatic nitrogens is 1. The van der Waals surface area contributed by atoms with Crippen LogP contribution >= 0.6 is 0 Å². The first-order chi connectivity index (χ1) is 9.28. The zero-order valence-electron chi connectivity index (χ0n) is 13.0. The zero-order valence-corrected chi connectivity index (χ0v) is 13.0. The summed E-state index contributed by atoms with van der Waals surface area (Å²) in [6.45, 7) is 10.5. The van der Waals surface area contributed by atoms with Crippen LogP contribution in [-0.4, -0.2) is 48.3 Å². The van der Waals surface area contributed by atoms with Gasteiger partial charge in [0.05, 0.1) is 16.8 Å². The van der Waals surface area contributed by atoms with Gasteiger partial charge in [-0.1, -0.05) is 6.07 Å². The molecular formula is C15H23BN2O2. The molecule has 0 unspecified atom stereocenters. The van der Waals surface area contributed by atoms with E-state index in [4.69, 9.17) is 9.31 Å². The summed E-state index contributed by atoms with van der Waals surface area (Å²) in [7, 11) is 1.78. The van der Waals surface area contributed by atoms with E-state index in [0.717, 1.165) is 18.7 Å². The van der Waals surface area contributed by atoms with Gasteiger partial charge in [0.25, 0.3) is 0 Å². The number of likely N-dealkylation sites (tertiary alicyclic amines) is 1. The fourth-order valence-corrected chi connectivity index (χ4v) is 2.67. The molecule has 2 saturated heterocycles. The van der Waals surface area contributed by atoms with Crippen LogP contribution in [0.2, 0.25) is 0 Å². The molecule has 0 N–H and O–H groups in total. The van der Waals surface area contributed by atoms with Gasteiger partial charge < -0.3 is 14.2 Å². The second kappa shape index (κ2) is 4.55. The standard InChI is InChI=1S/C15H23BN2O2/c1-14(2)15(3,4)20-16(19-14)13-7-6-11(8-17-13)12-9-18(5)10-12/h6-8,12H,9-10H2,1-5H3. The minimum absolute atomic E-state index is 0.311. The molecule has 0 saturated carbocycles. The van der Waals surface area contributed by atoms with Gasteiger partial charge in [-0.3, -0.25) is 4.98 Å². The lowest BCUT2D eigenvalue weighted by Crippen LogP contribution is -2.42. The van der Waals surface area contributed by atoms with Crippen LogP contribution in [0.3, 0.4) is 0 Å². The molecule has 0 aliphatic carbocycles. The summed E-state index contributed by atoms with van der Waals surface area (Å²) < 4.78 is 12.0. The molecule has 108 valence electrons. The van der Waals surface area contributed by atoms with Crippen molar-refractivity contribution < 1.29 is 9.31 Å². The lowest BCUT2D eigenvalue weighted by molar-refractivity contribution is 0.00578. The first-order valence-corrected chi connectivity index (χ1v) is 7.28. The molecule has 20 heavy (non-hydrogen) atoms. The molecule has 1 aromatic heterocycles. The largest absolute Gasteiger partial charge is 0.514 e. The highest BCUT2D eigenvalue weighted by atomic mass is 16.7. The van der Waals surface area contributed by atoms with Crippen LogP contribution < -0.4 is 5.59 Å². The monoisotopic (exact) mass is 274 g/mol. The van der Waals surface area contributed by atoms with Gasteiger partial charge in [-0.15, -0.1) is 0 Å². The van der Waals surface area contributed by atoms with E-state index in [9.17, 15) is 0 Å². The first kappa shape index (κ1) is 14.0. The zero-order chi connectivity index (χ0) is 14.5. The maximum atomic E-state index is 6.01. The van der Waals surface area contributed by atoms with Gasteiger partial charge in [-0.05, 0) is 46.4 Å². The molecule has 0 bridgehead atoms. The van der Waals surface area contributed by atoms with Crippen molar-refractivity contribution in [1.29, 1.82) is 0 Å². The fourth-order valence-electron chi connectivity index (χ4n) is 2.67. The number of hydrogen-bond donors (Lipinski definition) is 0. The van der Waals surface area contributed by atoms with Gasteiger partial charge in [0, 0.05) is 25.2 Å². The molecule has 4 nitrogen and oxygen atoms in total. The van der Waals surface area contributed by atoms with E-state index in [1.807, 2.05) is 12.3 Å². The highest BCUT2D eigenvalue weighted by Crippen LogP contribution is 2.36. The molecule has 0 aromatic carbocycles. The van der Waals surface area contributed by atoms with Crippen molar-refractivity contribution in [3.8, 4) is 0 Å². The van der Waals surface area contributed by atoms with Gasteiger partial charge in [0.1, 0.15) is 0 Å². The van der Waals surface area contributed by atoms with Crippen LogP contribution in [0.1, 0.15) is 39.2 Å². The molecule has 2 aliphatic rings. The molecule has 3 heterocycles. The Kier molecular flexibility index (Phi) is 3.20. The molecule has 0 spiro atoms. The van der Waals surface area contributed by atoms with E-state index in [1.54, 1.807) is 0 Å².